The summed E-state index contributed by atoms with van der Waals surface area (Å²) in [6, 6.07) is 4.22. The Morgan fingerprint density at radius 2 is 1.84 bits per heavy atom. The van der Waals surface area contributed by atoms with Crippen LogP contribution in [0.3, 0.4) is 0 Å². The van der Waals surface area contributed by atoms with Crippen LogP contribution < -0.4 is 5.73 Å². The standard InChI is InChI=1S/C15H22F2N2/c1-10(14-9-11(16)3-8-15(14)17)19(2)13-6-4-12(18)5-7-13/h3,8-10,12-13H,4-7,18H2,1-2H3. The van der Waals surface area contributed by atoms with Crippen LogP contribution in [0, 0.1) is 11.6 Å². The average Bonchev–Trinajstić information content (AvgIpc) is 2.41. The molecule has 0 bridgehead atoms. The van der Waals surface area contributed by atoms with Crippen molar-refractivity contribution in [2.24, 2.45) is 5.73 Å². The van der Waals surface area contributed by atoms with Crippen LogP contribution >= 0.6 is 0 Å². The summed E-state index contributed by atoms with van der Waals surface area (Å²) in [6.07, 6.45) is 4.07. The zero-order valence-electron chi connectivity index (χ0n) is 11.6. The predicted molar refractivity (Wildman–Crippen MR) is 72.8 cm³/mol. The van der Waals surface area contributed by atoms with Gasteiger partial charge in [-0.15, -0.1) is 0 Å². The Kier molecular flexibility index (Phi) is 4.53. The monoisotopic (exact) mass is 268 g/mol. The molecule has 1 fully saturated rings. The number of nitrogens with two attached hydrogens (primary N) is 1. The number of halogens is 2. The van der Waals surface area contributed by atoms with E-state index in [1.165, 1.54) is 12.1 Å². The molecule has 1 saturated carbocycles. The van der Waals surface area contributed by atoms with Crippen LogP contribution in [0.5, 0.6) is 0 Å². The summed E-state index contributed by atoms with van der Waals surface area (Å²) in [5.41, 5.74) is 6.33. The van der Waals surface area contributed by atoms with Gasteiger partial charge < -0.3 is 5.73 Å². The van der Waals surface area contributed by atoms with Crippen molar-refractivity contribution in [1.82, 2.24) is 4.90 Å². The van der Waals surface area contributed by atoms with Gasteiger partial charge in [-0.2, -0.15) is 0 Å². The van der Waals surface area contributed by atoms with Gasteiger partial charge in [-0.3, -0.25) is 4.90 Å². The molecular weight excluding hydrogens is 246 g/mol. The predicted octanol–water partition coefficient (Wildman–Crippen LogP) is 3.23. The first kappa shape index (κ1) is 14.4. The zero-order valence-corrected chi connectivity index (χ0v) is 11.6. The third-order valence-corrected chi connectivity index (χ3v) is 4.34. The van der Waals surface area contributed by atoms with E-state index in [1.807, 2.05) is 14.0 Å². The molecule has 1 aromatic rings. The Morgan fingerprint density at radius 1 is 1.21 bits per heavy atom. The van der Waals surface area contributed by atoms with E-state index in [4.69, 9.17) is 5.73 Å². The fraction of sp³-hybridized carbons (Fsp3) is 0.600. The number of hydrogen-bond donors (Lipinski definition) is 1. The highest BCUT2D eigenvalue weighted by molar-refractivity contribution is 5.22. The summed E-state index contributed by atoms with van der Waals surface area (Å²) in [5, 5.41) is 0. The average molecular weight is 268 g/mol. The van der Waals surface area contributed by atoms with Gasteiger partial charge in [0, 0.05) is 23.7 Å². The van der Waals surface area contributed by atoms with Crippen molar-refractivity contribution in [1.29, 1.82) is 0 Å². The van der Waals surface area contributed by atoms with E-state index in [1.54, 1.807) is 0 Å². The molecule has 0 heterocycles. The van der Waals surface area contributed by atoms with Crippen molar-refractivity contribution in [3.05, 3.63) is 35.4 Å². The number of nitrogens with zero attached hydrogens (tertiary/aromatic N) is 1. The van der Waals surface area contributed by atoms with E-state index in [0.29, 0.717) is 17.6 Å². The first-order valence-electron chi connectivity index (χ1n) is 6.91. The lowest BCUT2D eigenvalue weighted by Gasteiger charge is -2.37. The third-order valence-electron chi connectivity index (χ3n) is 4.34. The summed E-state index contributed by atoms with van der Waals surface area (Å²) in [7, 11) is 1.98. The van der Waals surface area contributed by atoms with E-state index in [9.17, 15) is 8.78 Å². The summed E-state index contributed by atoms with van der Waals surface area (Å²) in [5.74, 6) is -0.726. The summed E-state index contributed by atoms with van der Waals surface area (Å²) in [6.45, 7) is 1.92. The number of hydrogen-bond acceptors (Lipinski definition) is 2. The van der Waals surface area contributed by atoms with Crippen LogP contribution in [0.4, 0.5) is 8.78 Å². The van der Waals surface area contributed by atoms with Crippen LogP contribution in [0.1, 0.15) is 44.2 Å². The topological polar surface area (TPSA) is 29.3 Å². The van der Waals surface area contributed by atoms with Crippen molar-refractivity contribution in [2.75, 3.05) is 7.05 Å². The van der Waals surface area contributed by atoms with Crippen LogP contribution in [0.2, 0.25) is 0 Å². The molecular formula is C15H22F2N2. The lowest BCUT2D eigenvalue weighted by molar-refractivity contribution is 0.138. The normalized spacial score (nSPS) is 25.6. The maximum Gasteiger partial charge on any atom is 0.128 e. The molecule has 0 radical (unpaired) electrons. The van der Waals surface area contributed by atoms with Crippen molar-refractivity contribution >= 4 is 0 Å². The first-order valence-corrected chi connectivity index (χ1v) is 6.91. The minimum absolute atomic E-state index is 0.130. The Morgan fingerprint density at radius 3 is 2.47 bits per heavy atom. The van der Waals surface area contributed by atoms with Gasteiger partial charge in [0.15, 0.2) is 0 Å². The van der Waals surface area contributed by atoms with E-state index < -0.39 is 0 Å². The maximum absolute atomic E-state index is 13.8. The Balaban J connectivity index is 2.10. The highest BCUT2D eigenvalue weighted by Gasteiger charge is 2.26. The number of benzene rings is 1. The highest BCUT2D eigenvalue weighted by atomic mass is 19.1. The maximum atomic E-state index is 13.8. The molecule has 1 unspecified atom stereocenters. The lowest BCUT2D eigenvalue weighted by atomic mass is 9.89. The fourth-order valence-electron chi connectivity index (χ4n) is 2.88. The van der Waals surface area contributed by atoms with Gasteiger partial charge >= 0.3 is 0 Å². The minimum Gasteiger partial charge on any atom is -0.328 e. The molecule has 19 heavy (non-hydrogen) atoms. The van der Waals surface area contributed by atoms with Crippen LogP contribution in [0.25, 0.3) is 0 Å². The van der Waals surface area contributed by atoms with E-state index in [-0.39, 0.29) is 17.7 Å². The van der Waals surface area contributed by atoms with Gasteiger partial charge in [-0.05, 0) is 57.9 Å². The zero-order chi connectivity index (χ0) is 14.0. The minimum atomic E-state index is -0.387. The molecule has 0 amide bonds. The molecule has 2 N–H and O–H groups in total. The van der Waals surface area contributed by atoms with Crippen LogP contribution in [0.15, 0.2) is 18.2 Å². The Labute approximate surface area is 113 Å². The SMILES string of the molecule is CC(c1cc(F)ccc1F)N(C)C1CCC(N)CC1. The Bertz CT molecular complexity index is 428. The molecule has 1 aliphatic carbocycles. The van der Waals surface area contributed by atoms with E-state index >= 15 is 0 Å². The molecule has 0 saturated heterocycles. The van der Waals surface area contributed by atoms with E-state index in [2.05, 4.69) is 4.90 Å². The smallest absolute Gasteiger partial charge is 0.128 e. The highest BCUT2D eigenvalue weighted by Crippen LogP contribution is 2.29. The van der Waals surface area contributed by atoms with Crippen molar-refractivity contribution in [3.63, 3.8) is 0 Å². The van der Waals surface area contributed by atoms with Gasteiger partial charge in [0.25, 0.3) is 0 Å². The van der Waals surface area contributed by atoms with Crippen molar-refractivity contribution in [3.8, 4) is 0 Å². The van der Waals surface area contributed by atoms with Crippen molar-refractivity contribution in [2.45, 2.75) is 50.7 Å². The van der Waals surface area contributed by atoms with Gasteiger partial charge in [-0.25, -0.2) is 8.78 Å². The summed E-state index contributed by atoms with van der Waals surface area (Å²) in [4.78, 5) is 2.14. The third kappa shape index (κ3) is 3.31. The Hall–Kier alpha value is -1.00. The molecule has 4 heteroatoms. The molecule has 0 spiro atoms. The molecule has 2 rings (SSSR count). The lowest BCUT2D eigenvalue weighted by Crippen LogP contribution is -2.40. The molecule has 106 valence electrons. The largest absolute Gasteiger partial charge is 0.328 e. The van der Waals surface area contributed by atoms with Crippen molar-refractivity contribution < 1.29 is 8.78 Å². The summed E-state index contributed by atoms with van der Waals surface area (Å²) < 4.78 is 27.1. The molecule has 1 aromatic carbocycles. The second kappa shape index (κ2) is 5.97. The molecule has 2 nitrogen and oxygen atoms in total. The number of rotatable bonds is 3. The van der Waals surface area contributed by atoms with Crippen LogP contribution in [-0.4, -0.2) is 24.0 Å². The molecule has 1 aliphatic rings. The second-order valence-electron chi connectivity index (χ2n) is 5.58. The fourth-order valence-corrected chi connectivity index (χ4v) is 2.88. The van der Waals surface area contributed by atoms with Gasteiger partial charge in [0.2, 0.25) is 0 Å². The molecule has 1 atom stereocenters. The van der Waals surface area contributed by atoms with Gasteiger partial charge in [0.05, 0.1) is 0 Å². The van der Waals surface area contributed by atoms with Crippen LogP contribution in [-0.2, 0) is 0 Å². The quantitative estimate of drug-likeness (QED) is 0.912. The summed E-state index contributed by atoms with van der Waals surface area (Å²) >= 11 is 0. The second-order valence-corrected chi connectivity index (χ2v) is 5.58. The molecule has 0 aliphatic heterocycles. The molecule has 0 aromatic heterocycles. The van der Waals surface area contributed by atoms with Gasteiger partial charge in [-0.1, -0.05) is 0 Å². The first-order chi connectivity index (χ1) is 8.99. The van der Waals surface area contributed by atoms with Gasteiger partial charge in [0.1, 0.15) is 11.6 Å². The van der Waals surface area contributed by atoms with E-state index in [0.717, 1.165) is 31.7 Å².